The fraction of sp³-hybridized carbons (Fsp3) is 0.650. The van der Waals surface area contributed by atoms with E-state index in [-0.39, 0.29) is 30.9 Å². The fourth-order valence-corrected chi connectivity index (χ4v) is 4.74. The lowest BCUT2D eigenvalue weighted by molar-refractivity contribution is -0.133. The Morgan fingerprint density at radius 2 is 1.81 bits per heavy atom. The molecule has 1 aromatic carbocycles. The first-order valence-corrected chi connectivity index (χ1v) is 9.57. The summed E-state index contributed by atoms with van der Waals surface area (Å²) < 4.78 is 0. The number of hydrogen-bond acceptors (Lipinski definition) is 3. The zero-order valence-corrected chi connectivity index (χ0v) is 17.2. The van der Waals surface area contributed by atoms with Crippen molar-refractivity contribution in [1.82, 2.24) is 10.2 Å². The molecule has 2 heterocycles. The number of nitrogens with zero attached hydrogens (tertiary/aromatic N) is 2. The standard InChI is InChI=1S/C20H29N3O.2ClH/c1-15-5-4-7-17(13-15)22-9-11-23(12-10-22)20(24)19-14-16-6-2-3-8-18(16)21-19;;/h4-5,7,13,16,18-19,21H,2-3,6,8-12,14H2,1H3;2*1H. The van der Waals surface area contributed by atoms with E-state index in [0.29, 0.717) is 11.9 Å². The Balaban J connectivity index is 0.00000121. The second kappa shape index (κ2) is 9.29. The number of carbonyl (C=O) groups excluding carboxylic acids is 1. The van der Waals surface area contributed by atoms with Crippen molar-refractivity contribution < 1.29 is 4.79 Å². The van der Waals surface area contributed by atoms with Gasteiger partial charge in [0.2, 0.25) is 5.91 Å². The number of rotatable bonds is 2. The van der Waals surface area contributed by atoms with Crippen molar-refractivity contribution in [2.75, 3.05) is 31.1 Å². The molecule has 1 saturated carbocycles. The van der Waals surface area contributed by atoms with Crippen LogP contribution in [-0.2, 0) is 4.79 Å². The fourth-order valence-electron chi connectivity index (χ4n) is 4.74. The maximum atomic E-state index is 12.9. The molecule has 3 unspecified atom stereocenters. The first kappa shape index (κ1) is 21.3. The Morgan fingerprint density at radius 3 is 2.50 bits per heavy atom. The summed E-state index contributed by atoms with van der Waals surface area (Å²) in [4.78, 5) is 17.4. The maximum absolute atomic E-state index is 12.9. The van der Waals surface area contributed by atoms with E-state index in [1.165, 1.54) is 36.9 Å². The molecule has 1 amide bonds. The number of halogens is 2. The van der Waals surface area contributed by atoms with Gasteiger partial charge in [0.25, 0.3) is 0 Å². The molecule has 4 rings (SSSR count). The Hall–Kier alpha value is -0.970. The quantitative estimate of drug-likeness (QED) is 0.827. The van der Waals surface area contributed by atoms with Crippen LogP contribution in [0.4, 0.5) is 5.69 Å². The van der Waals surface area contributed by atoms with Gasteiger partial charge < -0.3 is 15.1 Å². The van der Waals surface area contributed by atoms with E-state index >= 15 is 0 Å². The van der Waals surface area contributed by atoms with Crippen LogP contribution in [0.3, 0.4) is 0 Å². The monoisotopic (exact) mass is 399 g/mol. The largest absolute Gasteiger partial charge is 0.368 e. The average Bonchev–Trinajstić information content (AvgIpc) is 3.05. The van der Waals surface area contributed by atoms with Crippen LogP contribution in [0.15, 0.2) is 24.3 Å². The average molecular weight is 400 g/mol. The molecule has 26 heavy (non-hydrogen) atoms. The predicted molar refractivity (Wildman–Crippen MR) is 112 cm³/mol. The van der Waals surface area contributed by atoms with Crippen molar-refractivity contribution in [1.29, 1.82) is 0 Å². The summed E-state index contributed by atoms with van der Waals surface area (Å²) in [6, 6.07) is 9.33. The number of piperazine rings is 1. The number of carbonyl (C=O) groups is 1. The van der Waals surface area contributed by atoms with Gasteiger partial charge in [-0.3, -0.25) is 4.79 Å². The van der Waals surface area contributed by atoms with Crippen molar-refractivity contribution in [2.45, 2.75) is 51.1 Å². The van der Waals surface area contributed by atoms with Crippen LogP contribution in [0.1, 0.15) is 37.7 Å². The molecule has 1 aliphatic carbocycles. The predicted octanol–water partition coefficient (Wildman–Crippen LogP) is 3.41. The highest BCUT2D eigenvalue weighted by atomic mass is 35.5. The lowest BCUT2D eigenvalue weighted by Crippen LogP contribution is -2.53. The first-order valence-electron chi connectivity index (χ1n) is 9.57. The molecule has 6 heteroatoms. The number of aryl methyl sites for hydroxylation is 1. The van der Waals surface area contributed by atoms with Crippen LogP contribution in [0.5, 0.6) is 0 Å². The second-order valence-corrected chi connectivity index (χ2v) is 7.76. The van der Waals surface area contributed by atoms with E-state index in [1.54, 1.807) is 0 Å². The van der Waals surface area contributed by atoms with Gasteiger partial charge in [0, 0.05) is 37.9 Å². The smallest absolute Gasteiger partial charge is 0.239 e. The van der Waals surface area contributed by atoms with Gasteiger partial charge in [-0.05, 0) is 49.8 Å². The topological polar surface area (TPSA) is 35.6 Å². The molecule has 1 N–H and O–H groups in total. The van der Waals surface area contributed by atoms with E-state index in [1.807, 2.05) is 0 Å². The Morgan fingerprint density at radius 1 is 1.08 bits per heavy atom. The molecular formula is C20H31Cl2N3O. The van der Waals surface area contributed by atoms with E-state index in [9.17, 15) is 4.79 Å². The van der Waals surface area contributed by atoms with Gasteiger partial charge in [0.05, 0.1) is 6.04 Å². The first-order chi connectivity index (χ1) is 11.7. The van der Waals surface area contributed by atoms with Crippen molar-refractivity contribution >= 4 is 36.4 Å². The van der Waals surface area contributed by atoms with Gasteiger partial charge in [-0.2, -0.15) is 0 Å². The van der Waals surface area contributed by atoms with Gasteiger partial charge in [0.1, 0.15) is 0 Å². The van der Waals surface area contributed by atoms with Crippen LogP contribution >= 0.6 is 24.8 Å². The van der Waals surface area contributed by atoms with E-state index in [4.69, 9.17) is 0 Å². The van der Waals surface area contributed by atoms with Crippen LogP contribution in [-0.4, -0.2) is 49.1 Å². The maximum Gasteiger partial charge on any atom is 0.239 e. The Bertz CT molecular complexity index is 590. The molecule has 0 spiro atoms. The Kier molecular flexibility index (Phi) is 7.63. The third-order valence-corrected chi connectivity index (χ3v) is 6.12. The van der Waals surface area contributed by atoms with Crippen LogP contribution < -0.4 is 10.2 Å². The minimum atomic E-state index is 0. The van der Waals surface area contributed by atoms with Gasteiger partial charge in [-0.1, -0.05) is 25.0 Å². The molecule has 0 radical (unpaired) electrons. The summed E-state index contributed by atoms with van der Waals surface area (Å²) in [7, 11) is 0. The number of anilines is 1. The Labute approximate surface area is 169 Å². The molecule has 2 aliphatic heterocycles. The minimum Gasteiger partial charge on any atom is -0.368 e. The number of hydrogen-bond donors (Lipinski definition) is 1. The highest BCUT2D eigenvalue weighted by Crippen LogP contribution is 2.33. The molecule has 0 bridgehead atoms. The molecule has 1 aromatic rings. The molecule has 3 aliphatic rings. The van der Waals surface area contributed by atoms with Gasteiger partial charge in [-0.25, -0.2) is 0 Å². The molecule has 146 valence electrons. The lowest BCUT2D eigenvalue weighted by atomic mass is 9.85. The third kappa shape index (κ3) is 4.47. The van der Waals surface area contributed by atoms with Gasteiger partial charge >= 0.3 is 0 Å². The summed E-state index contributed by atoms with van der Waals surface area (Å²) in [5, 5.41) is 3.64. The summed E-state index contributed by atoms with van der Waals surface area (Å²) in [5.41, 5.74) is 2.58. The highest BCUT2D eigenvalue weighted by molar-refractivity contribution is 5.85. The summed E-state index contributed by atoms with van der Waals surface area (Å²) in [6.07, 6.45) is 6.29. The number of amides is 1. The zero-order valence-electron chi connectivity index (χ0n) is 15.5. The zero-order chi connectivity index (χ0) is 16.5. The summed E-state index contributed by atoms with van der Waals surface area (Å²) in [5.74, 6) is 1.08. The summed E-state index contributed by atoms with van der Waals surface area (Å²) >= 11 is 0. The normalized spacial score (nSPS) is 28.0. The van der Waals surface area contributed by atoms with Gasteiger partial charge in [0.15, 0.2) is 0 Å². The lowest BCUT2D eigenvalue weighted by Gasteiger charge is -2.37. The van der Waals surface area contributed by atoms with E-state index in [0.717, 1.165) is 38.5 Å². The molecule has 3 atom stereocenters. The van der Waals surface area contributed by atoms with Crippen molar-refractivity contribution in [2.24, 2.45) is 5.92 Å². The molecular weight excluding hydrogens is 369 g/mol. The van der Waals surface area contributed by atoms with E-state index in [2.05, 4.69) is 46.3 Å². The van der Waals surface area contributed by atoms with Crippen molar-refractivity contribution in [3.05, 3.63) is 29.8 Å². The van der Waals surface area contributed by atoms with E-state index < -0.39 is 0 Å². The van der Waals surface area contributed by atoms with Gasteiger partial charge in [-0.15, -0.1) is 24.8 Å². The molecule has 2 saturated heterocycles. The summed E-state index contributed by atoms with van der Waals surface area (Å²) in [6.45, 7) is 5.71. The molecule has 4 nitrogen and oxygen atoms in total. The van der Waals surface area contributed by atoms with Crippen molar-refractivity contribution in [3.63, 3.8) is 0 Å². The minimum absolute atomic E-state index is 0. The third-order valence-electron chi connectivity index (χ3n) is 6.12. The van der Waals surface area contributed by atoms with Crippen LogP contribution in [0.2, 0.25) is 0 Å². The van der Waals surface area contributed by atoms with Crippen LogP contribution in [0.25, 0.3) is 0 Å². The SMILES string of the molecule is Cc1cccc(N2CCN(C(=O)C3CC4CCCCC4N3)CC2)c1.Cl.Cl. The van der Waals surface area contributed by atoms with Crippen LogP contribution in [0, 0.1) is 12.8 Å². The molecule has 0 aromatic heterocycles. The number of benzene rings is 1. The second-order valence-electron chi connectivity index (χ2n) is 7.76. The molecule has 3 fully saturated rings. The number of fused-ring (bicyclic) bond motifs is 1. The number of nitrogens with one attached hydrogen (secondary N) is 1. The highest BCUT2D eigenvalue weighted by Gasteiger charge is 2.40. The van der Waals surface area contributed by atoms with Crippen molar-refractivity contribution in [3.8, 4) is 0 Å².